The molecule has 27 heavy (non-hydrogen) atoms. The van der Waals surface area contributed by atoms with Crippen molar-refractivity contribution in [1.29, 1.82) is 0 Å². The number of fused-ring (bicyclic) bond motifs is 1. The van der Waals surface area contributed by atoms with Gasteiger partial charge in [-0.05, 0) is 42.5 Å². The van der Waals surface area contributed by atoms with E-state index in [-0.39, 0.29) is 5.82 Å². The van der Waals surface area contributed by atoms with Crippen LogP contribution >= 0.6 is 11.3 Å². The second kappa shape index (κ2) is 6.37. The van der Waals surface area contributed by atoms with Crippen LogP contribution in [0.2, 0.25) is 0 Å². The molecule has 0 fully saturated rings. The zero-order chi connectivity index (χ0) is 18.2. The van der Waals surface area contributed by atoms with Crippen molar-refractivity contribution in [3.8, 4) is 33.6 Å². The van der Waals surface area contributed by atoms with Gasteiger partial charge in [0.1, 0.15) is 17.3 Å². The van der Waals surface area contributed by atoms with Crippen LogP contribution in [0.5, 0.6) is 11.5 Å². The molecule has 2 N–H and O–H groups in total. The number of imidazole rings is 1. The van der Waals surface area contributed by atoms with E-state index in [1.807, 2.05) is 35.8 Å². The van der Waals surface area contributed by atoms with Crippen molar-refractivity contribution >= 4 is 22.4 Å². The minimum Gasteiger partial charge on any atom is -0.457 e. The molecule has 3 aromatic heterocycles. The second-order valence-corrected chi connectivity index (χ2v) is 6.82. The average molecular weight is 376 g/mol. The molecule has 2 aromatic carbocycles. The maximum Gasteiger partial charge on any atom is 0.167 e. The minimum atomic E-state index is -0.303. The lowest BCUT2D eigenvalue weighted by Gasteiger charge is -2.10. The van der Waals surface area contributed by atoms with Crippen molar-refractivity contribution in [1.82, 2.24) is 19.9 Å². The molecule has 0 saturated heterocycles. The van der Waals surface area contributed by atoms with Crippen LogP contribution in [0.25, 0.3) is 33.1 Å². The van der Waals surface area contributed by atoms with E-state index in [2.05, 4.69) is 19.9 Å². The summed E-state index contributed by atoms with van der Waals surface area (Å²) in [5.74, 6) is 1.60. The number of aromatic nitrogens is 4. The lowest BCUT2D eigenvalue weighted by molar-refractivity contribution is 0.483. The first-order valence-corrected chi connectivity index (χ1v) is 9.15. The summed E-state index contributed by atoms with van der Waals surface area (Å²) >= 11 is 1.52. The normalized spacial score (nSPS) is 11.1. The molecule has 5 nitrogen and oxygen atoms in total. The molecular formula is C20H13FN4OS. The van der Waals surface area contributed by atoms with Crippen LogP contribution in [0, 0.1) is 5.82 Å². The number of aromatic amines is 2. The maximum absolute atomic E-state index is 13.2. The van der Waals surface area contributed by atoms with E-state index in [0.29, 0.717) is 11.5 Å². The van der Waals surface area contributed by atoms with Crippen LogP contribution in [0.15, 0.2) is 66.3 Å². The summed E-state index contributed by atoms with van der Waals surface area (Å²) in [6.45, 7) is 0. The van der Waals surface area contributed by atoms with Crippen LogP contribution in [0.1, 0.15) is 0 Å². The number of thiazole rings is 1. The van der Waals surface area contributed by atoms with E-state index in [4.69, 9.17) is 4.74 Å². The molecule has 0 radical (unpaired) electrons. The van der Waals surface area contributed by atoms with Crippen molar-refractivity contribution in [3.05, 3.63) is 72.1 Å². The number of rotatable bonds is 4. The molecule has 0 saturated carbocycles. The van der Waals surface area contributed by atoms with Crippen LogP contribution < -0.4 is 4.74 Å². The molecule has 0 bridgehead atoms. The number of halogens is 1. The van der Waals surface area contributed by atoms with E-state index >= 15 is 0 Å². The SMILES string of the molecule is Fc1ccc(Oc2cc3nc(-c4nccs4)[nH]c3cc2-c2ccc[nH]2)cc1. The Kier molecular flexibility index (Phi) is 3.72. The van der Waals surface area contributed by atoms with Gasteiger partial charge in [0.2, 0.25) is 0 Å². The summed E-state index contributed by atoms with van der Waals surface area (Å²) in [4.78, 5) is 15.5. The smallest absolute Gasteiger partial charge is 0.167 e. The molecule has 0 amide bonds. The number of hydrogen-bond donors (Lipinski definition) is 2. The molecule has 0 atom stereocenters. The Morgan fingerprint density at radius 2 is 1.96 bits per heavy atom. The number of nitrogens with zero attached hydrogens (tertiary/aromatic N) is 2. The van der Waals surface area contributed by atoms with Crippen molar-refractivity contribution in [2.45, 2.75) is 0 Å². The van der Waals surface area contributed by atoms with E-state index in [1.165, 1.54) is 23.5 Å². The standard InChI is InChI=1S/C20H13FN4OS/c21-12-3-5-13(6-4-12)26-18-11-17-16(10-14(18)15-2-1-7-22-15)24-19(25-17)20-23-8-9-27-20/h1-11,22H,(H,24,25). The second-order valence-electron chi connectivity index (χ2n) is 5.93. The fourth-order valence-electron chi connectivity index (χ4n) is 2.90. The highest BCUT2D eigenvalue weighted by Crippen LogP contribution is 2.36. The first-order chi connectivity index (χ1) is 13.3. The third-order valence-corrected chi connectivity index (χ3v) is 4.93. The Bertz CT molecular complexity index is 1200. The molecule has 0 aliphatic heterocycles. The number of H-pyrrole nitrogens is 2. The molecule has 7 heteroatoms. The summed E-state index contributed by atoms with van der Waals surface area (Å²) in [7, 11) is 0. The topological polar surface area (TPSA) is 66.6 Å². The Morgan fingerprint density at radius 3 is 2.70 bits per heavy atom. The maximum atomic E-state index is 13.2. The number of benzene rings is 2. The van der Waals surface area contributed by atoms with Gasteiger partial charge >= 0.3 is 0 Å². The van der Waals surface area contributed by atoms with Crippen LogP contribution in [-0.2, 0) is 0 Å². The molecule has 0 aliphatic carbocycles. The van der Waals surface area contributed by atoms with Crippen molar-refractivity contribution in [2.75, 3.05) is 0 Å². The lowest BCUT2D eigenvalue weighted by atomic mass is 10.1. The first kappa shape index (κ1) is 15.8. The van der Waals surface area contributed by atoms with E-state index in [1.54, 1.807) is 18.3 Å². The summed E-state index contributed by atoms with van der Waals surface area (Å²) < 4.78 is 19.2. The van der Waals surface area contributed by atoms with Gasteiger partial charge in [0.05, 0.1) is 11.0 Å². The Hall–Kier alpha value is -3.45. The molecule has 0 aliphatic rings. The summed E-state index contributed by atoms with van der Waals surface area (Å²) in [5, 5.41) is 2.74. The van der Waals surface area contributed by atoms with Gasteiger partial charge in [-0.15, -0.1) is 11.3 Å². The van der Waals surface area contributed by atoms with Gasteiger partial charge in [-0.3, -0.25) is 0 Å². The third-order valence-electron chi connectivity index (χ3n) is 4.15. The molecule has 0 spiro atoms. The summed E-state index contributed by atoms with van der Waals surface area (Å²) in [5.41, 5.74) is 3.45. The molecular weight excluding hydrogens is 363 g/mol. The Labute approximate surface area is 157 Å². The van der Waals surface area contributed by atoms with Crippen molar-refractivity contribution in [2.24, 2.45) is 0 Å². The van der Waals surface area contributed by atoms with E-state index in [9.17, 15) is 4.39 Å². The predicted molar refractivity (Wildman–Crippen MR) is 103 cm³/mol. The van der Waals surface area contributed by atoms with Gasteiger partial charge in [0, 0.05) is 35.1 Å². The first-order valence-electron chi connectivity index (χ1n) is 8.27. The fraction of sp³-hybridized carbons (Fsp3) is 0. The van der Waals surface area contributed by atoms with Gasteiger partial charge in [-0.25, -0.2) is 14.4 Å². The highest BCUT2D eigenvalue weighted by atomic mass is 32.1. The van der Waals surface area contributed by atoms with Gasteiger partial charge in [-0.2, -0.15) is 0 Å². The number of ether oxygens (including phenoxy) is 1. The fourth-order valence-corrected chi connectivity index (χ4v) is 3.48. The van der Waals surface area contributed by atoms with Crippen molar-refractivity contribution < 1.29 is 9.13 Å². The van der Waals surface area contributed by atoms with Crippen LogP contribution in [-0.4, -0.2) is 19.9 Å². The quantitative estimate of drug-likeness (QED) is 0.428. The highest BCUT2D eigenvalue weighted by Gasteiger charge is 2.15. The van der Waals surface area contributed by atoms with Crippen LogP contribution in [0.3, 0.4) is 0 Å². The van der Waals surface area contributed by atoms with Crippen LogP contribution in [0.4, 0.5) is 4.39 Å². The summed E-state index contributed by atoms with van der Waals surface area (Å²) in [6.07, 6.45) is 3.61. The number of hydrogen-bond acceptors (Lipinski definition) is 4. The molecule has 3 heterocycles. The van der Waals surface area contributed by atoms with Gasteiger partial charge in [0.25, 0.3) is 0 Å². The summed E-state index contributed by atoms with van der Waals surface area (Å²) in [6, 6.07) is 13.7. The van der Waals surface area contributed by atoms with Gasteiger partial charge < -0.3 is 14.7 Å². The number of nitrogens with one attached hydrogen (secondary N) is 2. The average Bonchev–Trinajstić information content (AvgIpc) is 3.43. The monoisotopic (exact) mass is 376 g/mol. The molecule has 0 unspecified atom stereocenters. The van der Waals surface area contributed by atoms with Gasteiger partial charge in [0.15, 0.2) is 10.8 Å². The third kappa shape index (κ3) is 2.98. The molecule has 5 aromatic rings. The largest absolute Gasteiger partial charge is 0.457 e. The highest BCUT2D eigenvalue weighted by molar-refractivity contribution is 7.13. The zero-order valence-electron chi connectivity index (χ0n) is 13.9. The molecule has 5 rings (SSSR count). The Balaban J connectivity index is 1.64. The van der Waals surface area contributed by atoms with E-state index in [0.717, 1.165) is 33.1 Å². The lowest BCUT2D eigenvalue weighted by Crippen LogP contribution is -1.90. The Morgan fingerprint density at radius 1 is 1.07 bits per heavy atom. The van der Waals surface area contributed by atoms with E-state index < -0.39 is 0 Å². The predicted octanol–water partition coefficient (Wildman–Crippen LogP) is 5.61. The van der Waals surface area contributed by atoms with Gasteiger partial charge in [-0.1, -0.05) is 0 Å². The molecule has 132 valence electrons. The zero-order valence-corrected chi connectivity index (χ0v) is 14.8. The van der Waals surface area contributed by atoms with Crippen molar-refractivity contribution in [3.63, 3.8) is 0 Å². The minimum absolute atomic E-state index is 0.303.